The first-order valence-corrected chi connectivity index (χ1v) is 10.5. The minimum Gasteiger partial charge on any atom is -0.493 e. The molecule has 0 amide bonds. The standard InChI is InChI=1S/C22H29NO4/c1-25-16-6-5-14-11-17-22(26-2)8-7-15(24)20-21(22,18(14)19(16)27-20)9-10-23(17)12-13-3-4-13/h5-6,13,15,17,20,24H,3-4,7-12H2,1-2H3/t15-,17?,20?,21-,22+/m0/s1. The Kier molecular flexibility index (Phi) is 3.33. The maximum Gasteiger partial charge on any atom is 0.166 e. The van der Waals surface area contributed by atoms with E-state index in [0.717, 1.165) is 49.6 Å². The summed E-state index contributed by atoms with van der Waals surface area (Å²) in [5, 5.41) is 11.0. The van der Waals surface area contributed by atoms with Gasteiger partial charge >= 0.3 is 0 Å². The van der Waals surface area contributed by atoms with Crippen LogP contribution < -0.4 is 9.47 Å². The molecule has 0 radical (unpaired) electrons. The molecule has 6 rings (SSSR count). The quantitative estimate of drug-likeness (QED) is 0.880. The van der Waals surface area contributed by atoms with Crippen LogP contribution in [0.15, 0.2) is 12.1 Å². The van der Waals surface area contributed by atoms with Crippen molar-refractivity contribution in [3.05, 3.63) is 23.3 Å². The van der Waals surface area contributed by atoms with Gasteiger partial charge in [0.15, 0.2) is 11.5 Å². The average Bonchev–Trinajstić information content (AvgIpc) is 3.43. The van der Waals surface area contributed by atoms with Gasteiger partial charge < -0.3 is 19.3 Å². The predicted octanol–water partition coefficient (Wildman–Crippen LogP) is 2.27. The highest BCUT2D eigenvalue weighted by molar-refractivity contribution is 5.63. The molecular weight excluding hydrogens is 342 g/mol. The molecule has 3 fully saturated rings. The monoisotopic (exact) mass is 371 g/mol. The first kappa shape index (κ1) is 16.6. The third-order valence-corrected chi connectivity index (χ3v) is 8.26. The van der Waals surface area contributed by atoms with Crippen molar-refractivity contribution in [3.63, 3.8) is 0 Å². The Labute approximate surface area is 160 Å². The zero-order valence-electron chi connectivity index (χ0n) is 16.2. The molecule has 1 N–H and O–H groups in total. The first-order chi connectivity index (χ1) is 13.1. The molecule has 0 aromatic heterocycles. The SMILES string of the molecule is COc1ccc2c3c1OC1[C@@H](O)CC[C@@]4(OC)C(C2)N(CC2CC2)CC[C@]314. The molecule has 5 heteroatoms. The van der Waals surface area contributed by atoms with E-state index in [0.29, 0.717) is 6.04 Å². The second-order valence-corrected chi connectivity index (χ2v) is 9.25. The van der Waals surface area contributed by atoms with Gasteiger partial charge in [0, 0.05) is 25.3 Å². The Morgan fingerprint density at radius 3 is 2.81 bits per heavy atom. The number of hydrogen-bond acceptors (Lipinski definition) is 5. The van der Waals surface area contributed by atoms with Crippen LogP contribution in [0.3, 0.4) is 0 Å². The average molecular weight is 371 g/mol. The molecule has 27 heavy (non-hydrogen) atoms. The molecule has 2 bridgehead atoms. The van der Waals surface area contributed by atoms with Gasteiger partial charge in [-0.3, -0.25) is 4.90 Å². The van der Waals surface area contributed by atoms with Crippen molar-refractivity contribution in [2.24, 2.45) is 5.92 Å². The molecule has 3 aliphatic carbocycles. The molecule has 2 saturated carbocycles. The van der Waals surface area contributed by atoms with Crippen molar-refractivity contribution in [1.82, 2.24) is 4.90 Å². The van der Waals surface area contributed by atoms with E-state index in [9.17, 15) is 5.11 Å². The molecule has 2 heterocycles. The Morgan fingerprint density at radius 2 is 2.07 bits per heavy atom. The highest BCUT2D eigenvalue weighted by Crippen LogP contribution is 2.66. The summed E-state index contributed by atoms with van der Waals surface area (Å²) in [5.74, 6) is 2.51. The van der Waals surface area contributed by atoms with Gasteiger partial charge in [0.2, 0.25) is 0 Å². The summed E-state index contributed by atoms with van der Waals surface area (Å²) in [4.78, 5) is 2.70. The number of likely N-dealkylation sites (tertiary alicyclic amines) is 1. The van der Waals surface area contributed by atoms with Crippen LogP contribution in [-0.4, -0.2) is 61.2 Å². The summed E-state index contributed by atoms with van der Waals surface area (Å²) in [6.07, 6.45) is 5.67. The van der Waals surface area contributed by atoms with Gasteiger partial charge in [0.25, 0.3) is 0 Å². The highest BCUT2D eigenvalue weighted by atomic mass is 16.5. The van der Waals surface area contributed by atoms with Crippen LogP contribution in [0, 0.1) is 5.92 Å². The molecule has 146 valence electrons. The van der Waals surface area contributed by atoms with E-state index in [-0.39, 0.29) is 17.1 Å². The van der Waals surface area contributed by atoms with Crippen molar-refractivity contribution in [3.8, 4) is 11.5 Å². The minimum absolute atomic E-state index is 0.234. The summed E-state index contributed by atoms with van der Waals surface area (Å²) in [7, 11) is 3.58. The highest BCUT2D eigenvalue weighted by Gasteiger charge is 2.73. The number of benzene rings is 1. The van der Waals surface area contributed by atoms with Crippen LogP contribution in [-0.2, 0) is 16.6 Å². The third kappa shape index (κ3) is 1.86. The molecule has 2 unspecified atom stereocenters. The molecule has 2 aliphatic heterocycles. The second kappa shape index (κ2) is 5.40. The van der Waals surface area contributed by atoms with Crippen LogP contribution >= 0.6 is 0 Å². The smallest absolute Gasteiger partial charge is 0.166 e. The van der Waals surface area contributed by atoms with Crippen molar-refractivity contribution in [2.75, 3.05) is 27.3 Å². The lowest BCUT2D eigenvalue weighted by Crippen LogP contribution is -2.77. The van der Waals surface area contributed by atoms with Gasteiger partial charge in [-0.15, -0.1) is 0 Å². The van der Waals surface area contributed by atoms with Crippen molar-refractivity contribution in [2.45, 2.75) is 67.8 Å². The normalized spacial score (nSPS) is 41.8. The van der Waals surface area contributed by atoms with Gasteiger partial charge in [0.05, 0.1) is 24.2 Å². The maximum atomic E-state index is 11.0. The maximum absolute atomic E-state index is 11.0. The predicted molar refractivity (Wildman–Crippen MR) is 100 cm³/mol. The van der Waals surface area contributed by atoms with Crippen LogP contribution in [0.4, 0.5) is 0 Å². The van der Waals surface area contributed by atoms with Crippen LogP contribution in [0.1, 0.15) is 43.2 Å². The lowest BCUT2D eigenvalue weighted by molar-refractivity contribution is -0.222. The lowest BCUT2D eigenvalue weighted by Gasteiger charge is -2.65. The van der Waals surface area contributed by atoms with E-state index in [1.54, 1.807) is 7.11 Å². The van der Waals surface area contributed by atoms with Gasteiger partial charge in [-0.25, -0.2) is 0 Å². The van der Waals surface area contributed by atoms with Crippen molar-refractivity contribution < 1.29 is 19.3 Å². The van der Waals surface area contributed by atoms with Gasteiger partial charge in [-0.1, -0.05) is 6.07 Å². The van der Waals surface area contributed by atoms with E-state index >= 15 is 0 Å². The largest absolute Gasteiger partial charge is 0.493 e. The second-order valence-electron chi connectivity index (χ2n) is 9.25. The van der Waals surface area contributed by atoms with Crippen LogP contribution in [0.25, 0.3) is 0 Å². The number of methoxy groups -OCH3 is 2. The molecule has 5 aliphatic rings. The summed E-state index contributed by atoms with van der Waals surface area (Å²) in [6, 6.07) is 4.62. The molecule has 5 nitrogen and oxygen atoms in total. The molecule has 1 aromatic rings. The third-order valence-electron chi connectivity index (χ3n) is 8.26. The van der Waals surface area contributed by atoms with Crippen molar-refractivity contribution >= 4 is 0 Å². The fourth-order valence-electron chi connectivity index (χ4n) is 6.99. The van der Waals surface area contributed by atoms with Gasteiger partial charge in [-0.05, 0) is 62.6 Å². The molecular formula is C22H29NO4. The van der Waals surface area contributed by atoms with E-state index in [2.05, 4.69) is 11.0 Å². The summed E-state index contributed by atoms with van der Waals surface area (Å²) >= 11 is 0. The first-order valence-electron chi connectivity index (χ1n) is 10.5. The number of nitrogens with zero attached hydrogens (tertiary/aromatic N) is 1. The topological polar surface area (TPSA) is 51.2 Å². The minimum atomic E-state index is -0.452. The van der Waals surface area contributed by atoms with E-state index in [1.165, 1.54) is 30.5 Å². The molecule has 1 aromatic carbocycles. The Bertz CT molecular complexity index is 793. The molecule has 1 saturated heterocycles. The van der Waals surface area contributed by atoms with Crippen LogP contribution in [0.5, 0.6) is 11.5 Å². The lowest BCUT2D eigenvalue weighted by atomic mass is 9.48. The summed E-state index contributed by atoms with van der Waals surface area (Å²) in [6.45, 7) is 2.26. The number of piperidine rings is 1. The number of rotatable bonds is 4. The summed E-state index contributed by atoms with van der Waals surface area (Å²) in [5.41, 5.74) is 2.09. The number of aliphatic hydroxyl groups excluding tert-OH is 1. The van der Waals surface area contributed by atoms with Gasteiger partial charge in [-0.2, -0.15) is 0 Å². The summed E-state index contributed by atoms with van der Waals surface area (Å²) < 4.78 is 18.6. The number of ether oxygens (including phenoxy) is 3. The van der Waals surface area contributed by atoms with E-state index in [4.69, 9.17) is 14.2 Å². The molecule has 5 atom stereocenters. The van der Waals surface area contributed by atoms with Crippen LogP contribution in [0.2, 0.25) is 0 Å². The number of aliphatic hydroxyl groups is 1. The zero-order chi connectivity index (χ0) is 18.4. The molecule has 1 spiro atoms. The fraction of sp³-hybridized carbons (Fsp3) is 0.727. The Balaban J connectivity index is 1.58. The number of hydrogen-bond donors (Lipinski definition) is 1. The van der Waals surface area contributed by atoms with Crippen molar-refractivity contribution in [1.29, 1.82) is 0 Å². The Morgan fingerprint density at radius 1 is 1.22 bits per heavy atom. The zero-order valence-corrected chi connectivity index (χ0v) is 16.2. The Hall–Kier alpha value is -1.30. The van der Waals surface area contributed by atoms with Gasteiger partial charge in [0.1, 0.15) is 6.10 Å². The van der Waals surface area contributed by atoms with E-state index < -0.39 is 6.10 Å². The van der Waals surface area contributed by atoms with E-state index in [1.807, 2.05) is 13.2 Å². The fourth-order valence-corrected chi connectivity index (χ4v) is 6.99.